The lowest BCUT2D eigenvalue weighted by atomic mass is 10.2. The quantitative estimate of drug-likeness (QED) is 0.508. The molecule has 0 saturated carbocycles. The molecule has 2 heteroatoms. The van der Waals surface area contributed by atoms with Crippen molar-refractivity contribution in [1.82, 2.24) is 4.98 Å². The Hall–Kier alpha value is -0.380. The zero-order valence-electron chi connectivity index (χ0n) is 7.13. The lowest BCUT2D eigenvalue weighted by molar-refractivity contribution is 1.09. The Morgan fingerprint density at radius 2 is 2.08 bits per heavy atom. The number of nitrogens with zero attached hydrogens (tertiary/aromatic N) is 1. The fraction of sp³-hybridized carbons (Fsp3) is 0.300. The van der Waals surface area contributed by atoms with Crippen LogP contribution in [0.2, 0.25) is 0 Å². The van der Waals surface area contributed by atoms with E-state index in [-0.39, 0.29) is 0 Å². The second-order valence-electron chi connectivity index (χ2n) is 3.13. The van der Waals surface area contributed by atoms with Crippen LogP contribution >= 0.6 is 22.6 Å². The Morgan fingerprint density at radius 1 is 1.33 bits per heavy atom. The van der Waals surface area contributed by atoms with Crippen LogP contribution in [-0.4, -0.2) is 8.91 Å². The molecular weight excluding hydrogens is 261 g/mol. The van der Waals surface area contributed by atoms with Gasteiger partial charge in [-0.2, -0.15) is 0 Å². The molecule has 1 atom stereocenters. The van der Waals surface area contributed by atoms with Gasteiger partial charge >= 0.3 is 0 Å². The number of halogens is 1. The van der Waals surface area contributed by atoms with Crippen LogP contribution in [0.25, 0.3) is 12.2 Å². The Balaban J connectivity index is 2.86. The van der Waals surface area contributed by atoms with Crippen molar-refractivity contribution in [2.45, 2.75) is 17.8 Å². The van der Waals surface area contributed by atoms with Gasteiger partial charge in [0, 0.05) is 20.5 Å². The van der Waals surface area contributed by atoms with E-state index in [2.05, 4.69) is 52.7 Å². The van der Waals surface area contributed by atoms with Gasteiger partial charge < -0.3 is 0 Å². The molecule has 0 N–H and O–H groups in total. The minimum absolute atomic E-state index is 0.542. The van der Waals surface area contributed by atoms with E-state index in [0.717, 1.165) is 11.4 Å². The van der Waals surface area contributed by atoms with Gasteiger partial charge in [0.2, 0.25) is 0 Å². The maximum atomic E-state index is 4.43. The Morgan fingerprint density at radius 3 is 2.83 bits per heavy atom. The third kappa shape index (κ3) is 1.28. The summed E-state index contributed by atoms with van der Waals surface area (Å²) in [5.74, 6) is 0. The molecule has 0 aliphatic heterocycles. The molecule has 0 saturated heterocycles. The van der Waals surface area contributed by atoms with E-state index in [1.807, 2.05) is 6.92 Å². The van der Waals surface area contributed by atoms with Crippen molar-refractivity contribution < 1.29 is 0 Å². The molecule has 1 aromatic heterocycles. The molecule has 0 spiro atoms. The van der Waals surface area contributed by atoms with E-state index in [1.54, 1.807) is 0 Å². The zero-order valence-corrected chi connectivity index (χ0v) is 9.29. The van der Waals surface area contributed by atoms with Crippen molar-refractivity contribution in [3.8, 4) is 0 Å². The summed E-state index contributed by atoms with van der Waals surface area (Å²) in [6.07, 6.45) is 4.54. The molecule has 1 aromatic rings. The normalized spacial score (nSPS) is 19.8. The molecule has 0 aromatic carbocycles. The molecule has 12 heavy (non-hydrogen) atoms. The summed E-state index contributed by atoms with van der Waals surface area (Å²) in [4.78, 5) is 4.43. The first-order valence-electron chi connectivity index (χ1n) is 3.99. The Bertz CT molecular complexity index is 434. The standard InChI is InChI=1S/C10H10IN/c1-6-3-8-4-9(11)5-10(8)7(2)12-6/h3-5,9H,1-2H3. The molecule has 0 radical (unpaired) electrons. The lowest BCUT2D eigenvalue weighted by Gasteiger charge is -1.94. The Labute approximate surface area is 85.4 Å². The van der Waals surface area contributed by atoms with Gasteiger partial charge in [0.1, 0.15) is 0 Å². The molecule has 0 amide bonds. The molecule has 1 heterocycles. The summed E-state index contributed by atoms with van der Waals surface area (Å²) in [6, 6.07) is 2.15. The van der Waals surface area contributed by atoms with Crippen molar-refractivity contribution in [2.75, 3.05) is 0 Å². The number of fused-ring (bicyclic) bond motifs is 1. The summed E-state index contributed by atoms with van der Waals surface area (Å²) >= 11 is 2.42. The van der Waals surface area contributed by atoms with Crippen LogP contribution in [-0.2, 0) is 0 Å². The molecule has 1 unspecified atom stereocenters. The van der Waals surface area contributed by atoms with E-state index >= 15 is 0 Å². The monoisotopic (exact) mass is 271 g/mol. The molecule has 2 rings (SSSR count). The third-order valence-corrected chi connectivity index (χ3v) is 2.79. The number of alkyl halides is 1. The third-order valence-electron chi connectivity index (χ3n) is 2.07. The van der Waals surface area contributed by atoms with E-state index in [1.165, 1.54) is 10.4 Å². The number of aromatic nitrogens is 1. The summed E-state index contributed by atoms with van der Waals surface area (Å²) in [5, 5.41) is 2.67. The lowest BCUT2D eigenvalue weighted by Crippen LogP contribution is -2.26. The Kier molecular flexibility index (Phi) is 1.94. The van der Waals surface area contributed by atoms with Gasteiger partial charge in [0.25, 0.3) is 0 Å². The summed E-state index contributed by atoms with van der Waals surface area (Å²) in [5.41, 5.74) is 2.27. The van der Waals surface area contributed by atoms with Gasteiger partial charge in [-0.25, -0.2) is 0 Å². The fourth-order valence-electron chi connectivity index (χ4n) is 1.60. The second kappa shape index (κ2) is 2.83. The average Bonchev–Trinajstić information content (AvgIpc) is 2.29. The first kappa shape index (κ1) is 8.23. The van der Waals surface area contributed by atoms with Gasteiger partial charge in [-0.1, -0.05) is 34.7 Å². The molecule has 0 bridgehead atoms. The summed E-state index contributed by atoms with van der Waals surface area (Å²) in [6.45, 7) is 4.12. The average molecular weight is 271 g/mol. The van der Waals surface area contributed by atoms with Crippen LogP contribution in [0.4, 0.5) is 0 Å². The second-order valence-corrected chi connectivity index (χ2v) is 4.57. The number of pyridine rings is 1. The summed E-state index contributed by atoms with van der Waals surface area (Å²) in [7, 11) is 0. The predicted molar refractivity (Wildman–Crippen MR) is 59.7 cm³/mol. The highest BCUT2D eigenvalue weighted by Crippen LogP contribution is 2.06. The summed E-state index contributed by atoms with van der Waals surface area (Å²) < 4.78 is 0.542. The van der Waals surface area contributed by atoms with E-state index in [0.29, 0.717) is 3.92 Å². The topological polar surface area (TPSA) is 12.9 Å². The highest BCUT2D eigenvalue weighted by Gasteiger charge is 2.05. The number of hydrogen-bond donors (Lipinski definition) is 0. The van der Waals surface area contributed by atoms with Crippen molar-refractivity contribution in [1.29, 1.82) is 0 Å². The van der Waals surface area contributed by atoms with Crippen molar-refractivity contribution >= 4 is 34.7 Å². The highest BCUT2D eigenvalue weighted by atomic mass is 127. The largest absolute Gasteiger partial charge is 0.258 e. The SMILES string of the molecule is Cc1cc2c(c(C)n1)=CC(I)C=2. The number of hydrogen-bond acceptors (Lipinski definition) is 1. The minimum Gasteiger partial charge on any atom is -0.258 e. The van der Waals surface area contributed by atoms with Crippen LogP contribution in [0.5, 0.6) is 0 Å². The molecular formula is C10H10IN. The number of rotatable bonds is 0. The van der Waals surface area contributed by atoms with Gasteiger partial charge in [-0.05, 0) is 25.1 Å². The maximum absolute atomic E-state index is 4.43. The molecule has 62 valence electrons. The van der Waals surface area contributed by atoms with Crippen LogP contribution in [0, 0.1) is 13.8 Å². The number of aryl methyl sites for hydroxylation is 2. The van der Waals surface area contributed by atoms with Gasteiger partial charge in [0.05, 0.1) is 0 Å². The molecule has 1 aliphatic rings. The zero-order chi connectivity index (χ0) is 8.72. The smallest absolute Gasteiger partial charge is 0.0488 e. The molecule has 1 aliphatic carbocycles. The maximum Gasteiger partial charge on any atom is 0.0488 e. The molecule has 1 nitrogen and oxygen atoms in total. The van der Waals surface area contributed by atoms with Gasteiger partial charge in [-0.3, -0.25) is 4.98 Å². The van der Waals surface area contributed by atoms with Crippen LogP contribution < -0.4 is 10.4 Å². The van der Waals surface area contributed by atoms with Crippen LogP contribution in [0.3, 0.4) is 0 Å². The van der Waals surface area contributed by atoms with Crippen molar-refractivity contribution in [2.24, 2.45) is 0 Å². The van der Waals surface area contributed by atoms with Crippen LogP contribution in [0.1, 0.15) is 11.4 Å². The first-order valence-corrected chi connectivity index (χ1v) is 5.23. The minimum atomic E-state index is 0.542. The van der Waals surface area contributed by atoms with E-state index < -0.39 is 0 Å². The predicted octanol–water partition coefficient (Wildman–Crippen LogP) is 1.08. The highest BCUT2D eigenvalue weighted by molar-refractivity contribution is 14.1. The van der Waals surface area contributed by atoms with Crippen LogP contribution in [0.15, 0.2) is 6.07 Å². The molecule has 0 fully saturated rings. The van der Waals surface area contributed by atoms with E-state index in [9.17, 15) is 0 Å². The van der Waals surface area contributed by atoms with Gasteiger partial charge in [-0.15, -0.1) is 0 Å². The van der Waals surface area contributed by atoms with Crippen molar-refractivity contribution in [3.63, 3.8) is 0 Å². The first-order chi connectivity index (χ1) is 5.66. The van der Waals surface area contributed by atoms with E-state index in [4.69, 9.17) is 0 Å². The van der Waals surface area contributed by atoms with Crippen molar-refractivity contribution in [3.05, 3.63) is 27.9 Å². The van der Waals surface area contributed by atoms with Gasteiger partial charge in [0.15, 0.2) is 0 Å². The fourth-order valence-corrected chi connectivity index (χ4v) is 2.35.